The van der Waals surface area contributed by atoms with Gasteiger partial charge in [0.15, 0.2) is 0 Å². The highest BCUT2D eigenvalue weighted by atomic mass is 32.2. The van der Waals surface area contributed by atoms with E-state index in [-0.39, 0.29) is 11.2 Å². The molecule has 26 heavy (non-hydrogen) atoms. The van der Waals surface area contributed by atoms with Crippen molar-refractivity contribution in [3.63, 3.8) is 0 Å². The lowest BCUT2D eigenvalue weighted by atomic mass is 9.90. The van der Waals surface area contributed by atoms with Gasteiger partial charge in [-0.1, -0.05) is 18.7 Å². The number of aryl methyl sites for hydroxylation is 1. The number of thioether (sulfide) groups is 1. The summed E-state index contributed by atoms with van der Waals surface area (Å²) >= 11 is 2.99. The first kappa shape index (κ1) is 18.9. The van der Waals surface area contributed by atoms with Crippen LogP contribution in [-0.4, -0.2) is 39.8 Å². The second-order valence-electron chi connectivity index (χ2n) is 6.71. The first-order valence-corrected chi connectivity index (χ1v) is 10.4. The smallest absolute Gasteiger partial charge is 0.277 e. The Bertz CT molecular complexity index is 824. The monoisotopic (exact) mass is 390 g/mol. The van der Waals surface area contributed by atoms with Crippen molar-refractivity contribution in [2.75, 3.05) is 13.6 Å². The Labute approximate surface area is 161 Å². The average molecular weight is 391 g/mol. The van der Waals surface area contributed by atoms with Crippen molar-refractivity contribution in [3.8, 4) is 16.8 Å². The normalized spacial score (nSPS) is 17.4. The first-order valence-electron chi connectivity index (χ1n) is 8.72. The molecular formula is C18H22N4O2S2. The second-order valence-corrected chi connectivity index (χ2v) is 9.14. The first-order chi connectivity index (χ1) is 12.5. The van der Waals surface area contributed by atoms with Crippen molar-refractivity contribution >= 4 is 29.0 Å². The van der Waals surface area contributed by atoms with E-state index in [1.807, 2.05) is 13.0 Å². The van der Waals surface area contributed by atoms with Gasteiger partial charge in [0.25, 0.3) is 11.1 Å². The number of carbonyl (C=O) groups excluding carboxylic acids is 1. The molecule has 1 aliphatic carbocycles. The Morgan fingerprint density at radius 1 is 1.58 bits per heavy atom. The highest BCUT2D eigenvalue weighted by molar-refractivity contribution is 8.00. The largest absolute Gasteiger partial charge is 0.410 e. The van der Waals surface area contributed by atoms with E-state index in [0.717, 1.165) is 23.6 Å². The molecule has 1 aliphatic rings. The van der Waals surface area contributed by atoms with Gasteiger partial charge in [0.1, 0.15) is 0 Å². The quantitative estimate of drug-likeness (QED) is 0.698. The van der Waals surface area contributed by atoms with Gasteiger partial charge in [0, 0.05) is 18.5 Å². The standard InChI is InChI=1S/C18H22N4O2S2/c1-11-5-6-14-13(9-11)10-15(26-14)16-20-21-18(24-16)25-12(2)17(23)22(3)8-4-7-19/h10-12H,4-6,8-9H2,1-3H3/t11-,12-/m1/s1. The molecule has 8 heteroatoms. The van der Waals surface area contributed by atoms with E-state index in [9.17, 15) is 4.79 Å². The van der Waals surface area contributed by atoms with Crippen LogP contribution in [0.25, 0.3) is 10.8 Å². The highest BCUT2D eigenvalue weighted by Crippen LogP contribution is 2.37. The van der Waals surface area contributed by atoms with Crippen LogP contribution in [0.5, 0.6) is 0 Å². The van der Waals surface area contributed by atoms with Gasteiger partial charge in [0.05, 0.1) is 22.6 Å². The number of amides is 1. The molecule has 0 N–H and O–H groups in total. The summed E-state index contributed by atoms with van der Waals surface area (Å²) in [5.41, 5.74) is 1.40. The second kappa shape index (κ2) is 8.23. The third-order valence-corrected chi connectivity index (χ3v) is 6.65. The molecule has 3 rings (SSSR count). The molecule has 0 radical (unpaired) electrons. The summed E-state index contributed by atoms with van der Waals surface area (Å²) in [7, 11) is 1.70. The van der Waals surface area contributed by atoms with Gasteiger partial charge in [-0.05, 0) is 43.7 Å². The molecule has 0 saturated carbocycles. The van der Waals surface area contributed by atoms with Crippen LogP contribution < -0.4 is 0 Å². The zero-order valence-corrected chi connectivity index (χ0v) is 16.8. The van der Waals surface area contributed by atoms with Crippen LogP contribution in [0.15, 0.2) is 15.7 Å². The molecule has 0 aromatic carbocycles. The van der Waals surface area contributed by atoms with Crippen molar-refractivity contribution in [3.05, 3.63) is 16.5 Å². The van der Waals surface area contributed by atoms with Gasteiger partial charge >= 0.3 is 0 Å². The van der Waals surface area contributed by atoms with E-state index >= 15 is 0 Å². The number of rotatable bonds is 6. The summed E-state index contributed by atoms with van der Waals surface area (Å²) in [6.45, 7) is 4.52. The maximum absolute atomic E-state index is 12.3. The number of hydrogen-bond donors (Lipinski definition) is 0. The van der Waals surface area contributed by atoms with Gasteiger partial charge < -0.3 is 9.32 Å². The van der Waals surface area contributed by atoms with Crippen LogP contribution in [0.2, 0.25) is 0 Å². The molecule has 1 amide bonds. The van der Waals surface area contributed by atoms with Gasteiger partial charge in [-0.3, -0.25) is 4.79 Å². The molecule has 138 valence electrons. The molecule has 0 fully saturated rings. The van der Waals surface area contributed by atoms with Crippen molar-refractivity contribution in [2.45, 2.75) is 50.0 Å². The fourth-order valence-electron chi connectivity index (χ4n) is 3.01. The van der Waals surface area contributed by atoms with Crippen molar-refractivity contribution in [1.82, 2.24) is 15.1 Å². The zero-order chi connectivity index (χ0) is 18.7. The van der Waals surface area contributed by atoms with Crippen LogP contribution in [0.3, 0.4) is 0 Å². The number of nitrogens with zero attached hydrogens (tertiary/aromatic N) is 4. The van der Waals surface area contributed by atoms with Crippen LogP contribution >= 0.6 is 23.1 Å². The van der Waals surface area contributed by atoms with Crippen LogP contribution in [0.4, 0.5) is 0 Å². The fourth-order valence-corrected chi connectivity index (χ4v) is 4.94. The summed E-state index contributed by atoms with van der Waals surface area (Å²) in [5.74, 6) is 1.20. The lowest BCUT2D eigenvalue weighted by Crippen LogP contribution is -2.33. The van der Waals surface area contributed by atoms with Gasteiger partial charge in [0.2, 0.25) is 5.91 Å². The predicted molar refractivity (Wildman–Crippen MR) is 102 cm³/mol. The summed E-state index contributed by atoms with van der Waals surface area (Å²) in [4.78, 5) is 16.3. The molecule has 2 atom stereocenters. The Hall–Kier alpha value is -1.85. The lowest BCUT2D eigenvalue weighted by molar-refractivity contribution is -0.128. The third kappa shape index (κ3) is 4.27. The fraction of sp³-hybridized carbons (Fsp3) is 0.556. The highest BCUT2D eigenvalue weighted by Gasteiger charge is 2.23. The molecule has 2 heterocycles. The average Bonchev–Trinajstić information content (AvgIpc) is 3.24. The van der Waals surface area contributed by atoms with Crippen molar-refractivity contribution in [1.29, 1.82) is 5.26 Å². The van der Waals surface area contributed by atoms with Gasteiger partial charge in [-0.15, -0.1) is 21.5 Å². The van der Waals surface area contributed by atoms with Gasteiger partial charge in [-0.2, -0.15) is 5.26 Å². The summed E-state index contributed by atoms with van der Waals surface area (Å²) in [6.07, 6.45) is 3.79. The van der Waals surface area contributed by atoms with E-state index in [1.54, 1.807) is 23.3 Å². The van der Waals surface area contributed by atoms with Crippen molar-refractivity contribution in [2.24, 2.45) is 5.92 Å². The van der Waals surface area contributed by atoms with Crippen molar-refractivity contribution < 1.29 is 9.21 Å². The van der Waals surface area contributed by atoms with E-state index in [2.05, 4.69) is 23.2 Å². The number of nitriles is 1. The molecule has 2 aromatic rings. The molecule has 0 spiro atoms. The Morgan fingerprint density at radius 3 is 3.15 bits per heavy atom. The maximum atomic E-state index is 12.3. The van der Waals surface area contributed by atoms with E-state index in [1.165, 1.54) is 28.6 Å². The molecule has 0 aliphatic heterocycles. The Morgan fingerprint density at radius 2 is 2.38 bits per heavy atom. The van der Waals surface area contributed by atoms with Crippen LogP contribution in [0, 0.1) is 17.2 Å². The number of carbonyl (C=O) groups is 1. The summed E-state index contributed by atoms with van der Waals surface area (Å²) in [6, 6.07) is 4.21. The molecule has 0 bridgehead atoms. The molecule has 0 unspecified atom stereocenters. The summed E-state index contributed by atoms with van der Waals surface area (Å²) < 4.78 is 5.78. The maximum Gasteiger partial charge on any atom is 0.277 e. The molecular weight excluding hydrogens is 368 g/mol. The Balaban J connectivity index is 1.65. The minimum absolute atomic E-state index is 0.0504. The number of hydrogen-bond acceptors (Lipinski definition) is 7. The lowest BCUT2D eigenvalue weighted by Gasteiger charge is -2.18. The summed E-state index contributed by atoms with van der Waals surface area (Å²) in [5, 5.41) is 16.9. The van der Waals surface area contributed by atoms with Gasteiger partial charge in [-0.25, -0.2) is 0 Å². The predicted octanol–water partition coefficient (Wildman–Crippen LogP) is 3.78. The number of aromatic nitrogens is 2. The SMILES string of the molecule is C[C@@H]1CCc2sc(-c3nnc(S[C@H](C)C(=O)N(C)CCC#N)o3)cc2C1. The van der Waals surface area contributed by atoms with Crippen LogP contribution in [-0.2, 0) is 17.6 Å². The zero-order valence-electron chi connectivity index (χ0n) is 15.2. The Kier molecular flexibility index (Phi) is 5.99. The molecule has 2 aromatic heterocycles. The van der Waals surface area contributed by atoms with E-state index < -0.39 is 0 Å². The number of thiophene rings is 1. The molecule has 6 nitrogen and oxygen atoms in total. The van der Waals surface area contributed by atoms with E-state index in [4.69, 9.17) is 9.68 Å². The minimum atomic E-state index is -0.343. The minimum Gasteiger partial charge on any atom is -0.410 e. The third-order valence-electron chi connectivity index (χ3n) is 4.51. The van der Waals surface area contributed by atoms with Crippen LogP contribution in [0.1, 0.15) is 37.1 Å². The topological polar surface area (TPSA) is 83.0 Å². The molecule has 0 saturated heterocycles. The van der Waals surface area contributed by atoms with E-state index in [0.29, 0.717) is 24.1 Å². The number of fused-ring (bicyclic) bond motifs is 1.